The van der Waals surface area contributed by atoms with Gasteiger partial charge >= 0.3 is 5.69 Å². The fraction of sp³-hybridized carbons (Fsp3) is 0.810. The summed E-state index contributed by atoms with van der Waals surface area (Å²) in [6.07, 6.45) is -1.08. The van der Waals surface area contributed by atoms with E-state index in [2.05, 4.69) is 67.7 Å². The Labute approximate surface area is 185 Å². The minimum absolute atomic E-state index is 0.0330. The van der Waals surface area contributed by atoms with Crippen molar-refractivity contribution in [3.63, 3.8) is 0 Å². The van der Waals surface area contributed by atoms with E-state index in [1.54, 1.807) is 0 Å². The molecular weight excluding hydrogens is 435 g/mol. The SMILES string of the molecule is CC(C)(C)[Si](C)(C)C(O)[C@H]1O[C@@H](n2cc(F)c(=O)[nH]c2=O)C[C@@]1(O)[Si](C)(C)C(C)(C)C. The Morgan fingerprint density at radius 2 is 1.68 bits per heavy atom. The maximum Gasteiger partial charge on any atom is 0.330 e. The molecule has 31 heavy (non-hydrogen) atoms. The Kier molecular flexibility index (Phi) is 6.55. The molecule has 1 fully saturated rings. The van der Waals surface area contributed by atoms with Crippen molar-refractivity contribution in [3.8, 4) is 0 Å². The average molecular weight is 475 g/mol. The lowest BCUT2D eigenvalue weighted by atomic mass is 10.1. The second-order valence-electron chi connectivity index (χ2n) is 12.1. The number of aliphatic hydroxyl groups excluding tert-OH is 1. The minimum Gasteiger partial charge on any atom is -0.394 e. The Bertz CT molecular complexity index is 945. The molecular formula is C21H39FN2O5Si2. The van der Waals surface area contributed by atoms with Crippen molar-refractivity contribution >= 4 is 16.1 Å². The molecule has 1 aromatic heterocycles. The topological polar surface area (TPSA) is 105 Å². The average Bonchev–Trinajstić information content (AvgIpc) is 2.94. The molecule has 0 saturated carbocycles. The Balaban J connectivity index is 2.67. The van der Waals surface area contributed by atoms with Gasteiger partial charge in [0.1, 0.15) is 12.3 Å². The highest BCUT2D eigenvalue weighted by Gasteiger charge is 2.65. The van der Waals surface area contributed by atoms with Gasteiger partial charge in [0.25, 0.3) is 5.56 Å². The van der Waals surface area contributed by atoms with Crippen LogP contribution in [0.25, 0.3) is 0 Å². The van der Waals surface area contributed by atoms with Gasteiger partial charge in [0, 0.05) is 6.42 Å². The highest BCUT2D eigenvalue weighted by atomic mass is 28.3. The van der Waals surface area contributed by atoms with Gasteiger partial charge in [-0.3, -0.25) is 14.3 Å². The number of aromatic amines is 1. The number of nitrogens with zero attached hydrogens (tertiary/aromatic N) is 1. The van der Waals surface area contributed by atoms with Gasteiger partial charge < -0.3 is 14.9 Å². The number of hydrogen-bond acceptors (Lipinski definition) is 5. The van der Waals surface area contributed by atoms with E-state index >= 15 is 0 Å². The molecule has 1 unspecified atom stereocenters. The minimum atomic E-state index is -2.56. The van der Waals surface area contributed by atoms with Crippen molar-refractivity contribution in [1.82, 2.24) is 9.55 Å². The zero-order chi connectivity index (χ0) is 24.4. The molecule has 0 aromatic carbocycles. The molecule has 1 aromatic rings. The fourth-order valence-corrected chi connectivity index (χ4v) is 9.05. The van der Waals surface area contributed by atoms with E-state index in [9.17, 15) is 24.2 Å². The maximum atomic E-state index is 14.0. The smallest absolute Gasteiger partial charge is 0.330 e. The van der Waals surface area contributed by atoms with Crippen LogP contribution in [0.5, 0.6) is 0 Å². The van der Waals surface area contributed by atoms with E-state index in [0.29, 0.717) is 0 Å². The standard InChI is InChI=1S/C21H39FN2O5Si2/c1-19(2,3)30(7,8)17(26)15-21(28,31(9,10)20(4,5)6)11-14(29-15)24-12-13(22)16(25)23-18(24)27/h12,14-15,17,26,28H,11H2,1-10H3,(H,23,25,27)/t14-,15-,17?,21-/m1/s1. The summed E-state index contributed by atoms with van der Waals surface area (Å²) < 4.78 is 21.2. The number of aliphatic hydroxyl groups is 2. The summed E-state index contributed by atoms with van der Waals surface area (Å²) in [5, 5.41) is 22.0. The summed E-state index contributed by atoms with van der Waals surface area (Å²) in [5.41, 5.74) is -2.83. The van der Waals surface area contributed by atoms with Gasteiger partial charge in [-0.15, -0.1) is 0 Å². The molecule has 0 radical (unpaired) electrons. The van der Waals surface area contributed by atoms with Gasteiger partial charge in [-0.2, -0.15) is 4.39 Å². The molecule has 1 aliphatic rings. The van der Waals surface area contributed by atoms with E-state index in [4.69, 9.17) is 4.74 Å². The van der Waals surface area contributed by atoms with Crippen molar-refractivity contribution in [2.24, 2.45) is 0 Å². The van der Waals surface area contributed by atoms with E-state index < -0.39 is 56.5 Å². The van der Waals surface area contributed by atoms with Crippen molar-refractivity contribution < 1.29 is 19.3 Å². The normalized spacial score (nSPS) is 26.9. The van der Waals surface area contributed by atoms with Crippen LogP contribution in [-0.2, 0) is 4.74 Å². The number of hydrogen-bond donors (Lipinski definition) is 3. The molecule has 178 valence electrons. The third kappa shape index (κ3) is 4.17. The highest BCUT2D eigenvalue weighted by Crippen LogP contribution is 2.54. The van der Waals surface area contributed by atoms with Gasteiger partial charge in [0.05, 0.1) is 33.3 Å². The lowest BCUT2D eigenvalue weighted by Crippen LogP contribution is -2.69. The predicted octanol–water partition coefficient (Wildman–Crippen LogP) is 3.15. The number of halogens is 1. The molecule has 0 aliphatic carbocycles. The fourth-order valence-electron chi connectivity index (χ4n) is 3.97. The molecule has 3 N–H and O–H groups in total. The van der Waals surface area contributed by atoms with E-state index in [0.717, 1.165) is 10.8 Å². The summed E-state index contributed by atoms with van der Waals surface area (Å²) >= 11 is 0. The highest BCUT2D eigenvalue weighted by molar-refractivity contribution is 6.84. The molecule has 0 bridgehead atoms. The lowest BCUT2D eigenvalue weighted by molar-refractivity contribution is -0.0765. The van der Waals surface area contributed by atoms with E-state index in [-0.39, 0.29) is 16.5 Å². The number of nitrogens with one attached hydrogen (secondary N) is 1. The number of H-pyrrole nitrogens is 1. The molecule has 0 amide bonds. The van der Waals surface area contributed by atoms with Crippen molar-refractivity contribution in [2.45, 2.75) is 108 Å². The molecule has 2 heterocycles. The largest absolute Gasteiger partial charge is 0.394 e. The van der Waals surface area contributed by atoms with Crippen LogP contribution in [0.3, 0.4) is 0 Å². The second-order valence-corrected chi connectivity index (χ2v) is 23.2. The van der Waals surface area contributed by atoms with E-state index in [1.165, 1.54) is 0 Å². The number of rotatable bonds is 4. The first kappa shape index (κ1) is 26.2. The Hall–Kier alpha value is -1.08. The van der Waals surface area contributed by atoms with Gasteiger partial charge in [0.2, 0.25) is 5.82 Å². The maximum absolute atomic E-state index is 14.0. The second kappa shape index (κ2) is 7.76. The quantitative estimate of drug-likeness (QED) is 0.582. The van der Waals surface area contributed by atoms with Crippen molar-refractivity contribution in [3.05, 3.63) is 32.9 Å². The Morgan fingerprint density at radius 3 is 2.13 bits per heavy atom. The zero-order valence-corrected chi connectivity index (χ0v) is 22.5. The first-order valence-electron chi connectivity index (χ1n) is 10.8. The number of ether oxygens (including phenoxy) is 1. The van der Waals surface area contributed by atoms with Crippen LogP contribution < -0.4 is 11.2 Å². The molecule has 0 spiro atoms. The van der Waals surface area contributed by atoms with Gasteiger partial charge in [-0.05, 0) is 10.1 Å². The van der Waals surface area contributed by atoms with Crippen molar-refractivity contribution in [1.29, 1.82) is 0 Å². The first-order chi connectivity index (χ1) is 13.7. The Morgan fingerprint density at radius 1 is 1.16 bits per heavy atom. The van der Waals surface area contributed by atoms with Crippen molar-refractivity contribution in [2.75, 3.05) is 0 Å². The number of aromatic nitrogens is 2. The van der Waals surface area contributed by atoms with Crippen LogP contribution >= 0.6 is 0 Å². The summed E-state index contributed by atoms with van der Waals surface area (Å²) in [7, 11) is -4.96. The van der Waals surface area contributed by atoms with Crippen LogP contribution in [0.4, 0.5) is 4.39 Å². The molecule has 2 rings (SSSR count). The van der Waals surface area contributed by atoms with Gasteiger partial charge in [-0.1, -0.05) is 67.7 Å². The van der Waals surface area contributed by atoms with Crippen LogP contribution in [0, 0.1) is 5.82 Å². The third-order valence-corrected chi connectivity index (χ3v) is 20.5. The summed E-state index contributed by atoms with van der Waals surface area (Å²) in [4.78, 5) is 25.8. The van der Waals surface area contributed by atoms with E-state index in [1.807, 2.05) is 4.98 Å². The molecule has 4 atom stereocenters. The predicted molar refractivity (Wildman–Crippen MR) is 125 cm³/mol. The molecule has 1 aliphatic heterocycles. The van der Waals surface area contributed by atoms with Gasteiger partial charge in [0.15, 0.2) is 0 Å². The zero-order valence-electron chi connectivity index (χ0n) is 20.5. The first-order valence-corrected chi connectivity index (χ1v) is 16.8. The lowest BCUT2D eigenvalue weighted by Gasteiger charge is -2.52. The summed E-state index contributed by atoms with van der Waals surface area (Å²) in [6.45, 7) is 20.6. The molecule has 7 nitrogen and oxygen atoms in total. The van der Waals surface area contributed by atoms with Crippen LogP contribution in [0.1, 0.15) is 54.2 Å². The van der Waals surface area contributed by atoms with Crippen LogP contribution in [0.15, 0.2) is 15.8 Å². The molecule has 10 heteroatoms. The molecule has 1 saturated heterocycles. The third-order valence-electron chi connectivity index (χ3n) is 8.41. The van der Waals surface area contributed by atoms with Crippen LogP contribution in [-0.4, -0.2) is 53.0 Å². The van der Waals surface area contributed by atoms with Crippen LogP contribution in [0.2, 0.25) is 36.3 Å². The van der Waals surface area contributed by atoms with Gasteiger partial charge in [-0.25, -0.2) is 4.79 Å². The summed E-state index contributed by atoms with van der Waals surface area (Å²) in [5.74, 6) is -1.10. The summed E-state index contributed by atoms with van der Waals surface area (Å²) in [6, 6.07) is 0. The monoisotopic (exact) mass is 474 g/mol.